The predicted octanol–water partition coefficient (Wildman–Crippen LogP) is 2.59. The van der Waals surface area contributed by atoms with E-state index in [1.54, 1.807) is 25.2 Å². The van der Waals surface area contributed by atoms with Crippen molar-refractivity contribution in [1.29, 1.82) is 0 Å². The lowest BCUT2D eigenvalue weighted by Gasteiger charge is -2.26. The van der Waals surface area contributed by atoms with Crippen molar-refractivity contribution in [3.63, 3.8) is 0 Å². The highest BCUT2D eigenvalue weighted by Gasteiger charge is 2.39. The zero-order chi connectivity index (χ0) is 15.5. The fraction of sp³-hybridized carbons (Fsp3) is 0.467. The van der Waals surface area contributed by atoms with Gasteiger partial charge in [0, 0.05) is 12.7 Å². The average Bonchev–Trinajstić information content (AvgIpc) is 2.98. The molecule has 0 aromatic heterocycles. The lowest BCUT2D eigenvalue weighted by molar-refractivity contribution is -0.122. The Kier molecular flexibility index (Phi) is 6.66. The van der Waals surface area contributed by atoms with Crippen molar-refractivity contribution in [2.75, 3.05) is 18.9 Å². The van der Waals surface area contributed by atoms with Gasteiger partial charge in [0.05, 0.1) is 16.1 Å². The van der Waals surface area contributed by atoms with Crippen molar-refractivity contribution in [2.24, 2.45) is 0 Å². The Hall–Kier alpha value is -1.30. The maximum atomic E-state index is 12.5. The summed E-state index contributed by atoms with van der Waals surface area (Å²) in [5.74, 6) is -0.340. The minimum absolute atomic E-state index is 0. The Labute approximate surface area is 141 Å². The van der Waals surface area contributed by atoms with Crippen LogP contribution in [0.25, 0.3) is 0 Å². The standard InChI is InChI=1S/C15H20ClN3O2.ClH/c1-3-15(7-4-8-18-15)14(21)19-10-5-6-12(16)11(9-10)13(20)17-2;/h5-6,9,18H,3-4,7-8H2,1-2H3,(H,17,20)(H,19,21);1H. The van der Waals surface area contributed by atoms with E-state index in [2.05, 4.69) is 16.0 Å². The second-order valence-electron chi connectivity index (χ2n) is 5.19. The van der Waals surface area contributed by atoms with E-state index in [0.29, 0.717) is 16.3 Å². The van der Waals surface area contributed by atoms with E-state index in [-0.39, 0.29) is 24.2 Å². The molecule has 3 N–H and O–H groups in total. The minimum Gasteiger partial charge on any atom is -0.355 e. The molecule has 0 aliphatic carbocycles. The first kappa shape index (κ1) is 18.7. The molecule has 1 atom stereocenters. The van der Waals surface area contributed by atoms with E-state index >= 15 is 0 Å². The maximum Gasteiger partial charge on any atom is 0.252 e. The summed E-state index contributed by atoms with van der Waals surface area (Å²) in [6.45, 7) is 2.85. The van der Waals surface area contributed by atoms with Crippen molar-refractivity contribution < 1.29 is 9.59 Å². The van der Waals surface area contributed by atoms with Crippen molar-refractivity contribution in [2.45, 2.75) is 31.7 Å². The number of benzene rings is 1. The molecule has 122 valence electrons. The minimum atomic E-state index is -0.507. The Morgan fingerprint density at radius 3 is 2.68 bits per heavy atom. The monoisotopic (exact) mass is 345 g/mol. The summed E-state index contributed by atoms with van der Waals surface area (Å²) in [5, 5.41) is 9.05. The van der Waals surface area contributed by atoms with Crippen LogP contribution in [-0.4, -0.2) is 30.9 Å². The number of hydrogen-bond acceptors (Lipinski definition) is 3. The van der Waals surface area contributed by atoms with Gasteiger partial charge in [0.25, 0.3) is 5.91 Å². The zero-order valence-electron chi connectivity index (χ0n) is 12.7. The molecule has 1 aromatic carbocycles. The highest BCUT2D eigenvalue weighted by molar-refractivity contribution is 6.34. The van der Waals surface area contributed by atoms with Crippen LogP contribution < -0.4 is 16.0 Å². The van der Waals surface area contributed by atoms with Gasteiger partial charge in [-0.25, -0.2) is 0 Å². The Morgan fingerprint density at radius 1 is 1.41 bits per heavy atom. The van der Waals surface area contributed by atoms with E-state index in [1.807, 2.05) is 6.92 Å². The molecule has 7 heteroatoms. The fourth-order valence-electron chi connectivity index (χ4n) is 2.62. The molecule has 0 radical (unpaired) electrons. The van der Waals surface area contributed by atoms with Crippen LogP contribution in [0.15, 0.2) is 18.2 Å². The van der Waals surface area contributed by atoms with Gasteiger partial charge in [0.15, 0.2) is 0 Å². The molecule has 1 aromatic rings. The third-order valence-electron chi connectivity index (χ3n) is 3.98. The molecule has 5 nitrogen and oxygen atoms in total. The summed E-state index contributed by atoms with van der Waals surface area (Å²) in [6.07, 6.45) is 2.55. The Balaban J connectivity index is 0.00000242. The first-order chi connectivity index (χ1) is 10.0. The maximum absolute atomic E-state index is 12.5. The van der Waals surface area contributed by atoms with Gasteiger partial charge in [-0.3, -0.25) is 9.59 Å². The fourth-order valence-corrected chi connectivity index (χ4v) is 2.83. The van der Waals surface area contributed by atoms with Crippen molar-refractivity contribution in [3.05, 3.63) is 28.8 Å². The molecule has 0 bridgehead atoms. The number of carbonyl (C=O) groups is 2. The molecule has 2 amide bonds. The van der Waals surface area contributed by atoms with Gasteiger partial charge in [-0.2, -0.15) is 0 Å². The summed E-state index contributed by atoms with van der Waals surface area (Å²) < 4.78 is 0. The molecule has 0 saturated carbocycles. The number of rotatable bonds is 4. The van der Waals surface area contributed by atoms with E-state index < -0.39 is 5.54 Å². The molecular formula is C15H21Cl2N3O2. The van der Waals surface area contributed by atoms with Crippen molar-refractivity contribution >= 4 is 41.5 Å². The average molecular weight is 346 g/mol. The van der Waals surface area contributed by atoms with Crippen molar-refractivity contribution in [1.82, 2.24) is 10.6 Å². The Bertz CT molecular complexity index is 558. The van der Waals surface area contributed by atoms with E-state index in [0.717, 1.165) is 25.8 Å². The first-order valence-electron chi connectivity index (χ1n) is 7.10. The summed E-state index contributed by atoms with van der Waals surface area (Å²) in [4.78, 5) is 24.2. The topological polar surface area (TPSA) is 70.2 Å². The van der Waals surface area contributed by atoms with Crippen LogP contribution in [0.2, 0.25) is 5.02 Å². The second kappa shape index (κ2) is 7.81. The van der Waals surface area contributed by atoms with Crippen LogP contribution in [0.5, 0.6) is 0 Å². The van der Waals surface area contributed by atoms with Crippen LogP contribution in [0.1, 0.15) is 36.5 Å². The molecule has 2 rings (SSSR count). The van der Waals surface area contributed by atoms with Crippen LogP contribution >= 0.6 is 24.0 Å². The lowest BCUT2D eigenvalue weighted by atomic mass is 9.93. The number of halogens is 2. The highest BCUT2D eigenvalue weighted by Crippen LogP contribution is 2.26. The molecule has 1 aliphatic heterocycles. The summed E-state index contributed by atoms with van der Waals surface area (Å²) in [7, 11) is 1.54. The van der Waals surface area contributed by atoms with Crippen molar-refractivity contribution in [3.8, 4) is 0 Å². The number of nitrogens with one attached hydrogen (secondary N) is 3. The predicted molar refractivity (Wildman–Crippen MR) is 91.0 cm³/mol. The molecule has 0 spiro atoms. The van der Waals surface area contributed by atoms with Crippen LogP contribution in [-0.2, 0) is 4.79 Å². The second-order valence-corrected chi connectivity index (χ2v) is 5.60. The van der Waals surface area contributed by atoms with E-state index in [9.17, 15) is 9.59 Å². The molecule has 1 aliphatic rings. The largest absolute Gasteiger partial charge is 0.355 e. The third kappa shape index (κ3) is 3.72. The van der Waals surface area contributed by atoms with Gasteiger partial charge in [-0.1, -0.05) is 18.5 Å². The van der Waals surface area contributed by atoms with Crippen LogP contribution in [0.3, 0.4) is 0 Å². The van der Waals surface area contributed by atoms with Gasteiger partial charge in [-0.15, -0.1) is 12.4 Å². The van der Waals surface area contributed by atoms with E-state index in [1.165, 1.54) is 0 Å². The zero-order valence-corrected chi connectivity index (χ0v) is 14.2. The van der Waals surface area contributed by atoms with E-state index in [4.69, 9.17) is 11.6 Å². The summed E-state index contributed by atoms with van der Waals surface area (Å²) >= 11 is 6.00. The number of anilines is 1. The molecule has 1 heterocycles. The first-order valence-corrected chi connectivity index (χ1v) is 7.48. The van der Waals surface area contributed by atoms with Gasteiger partial charge in [0.2, 0.25) is 5.91 Å². The normalized spacial score (nSPS) is 20.1. The number of amides is 2. The van der Waals surface area contributed by atoms with Gasteiger partial charge < -0.3 is 16.0 Å². The highest BCUT2D eigenvalue weighted by atomic mass is 35.5. The molecule has 22 heavy (non-hydrogen) atoms. The quantitative estimate of drug-likeness (QED) is 0.785. The lowest BCUT2D eigenvalue weighted by Crippen LogP contribution is -2.50. The van der Waals surface area contributed by atoms with Gasteiger partial charge in [-0.05, 0) is 44.0 Å². The number of hydrogen-bond donors (Lipinski definition) is 3. The molecule has 1 saturated heterocycles. The summed E-state index contributed by atoms with van der Waals surface area (Å²) in [5.41, 5.74) is 0.415. The van der Waals surface area contributed by atoms with Gasteiger partial charge >= 0.3 is 0 Å². The van der Waals surface area contributed by atoms with Gasteiger partial charge in [0.1, 0.15) is 0 Å². The smallest absolute Gasteiger partial charge is 0.252 e. The molecular weight excluding hydrogens is 325 g/mol. The molecule has 1 unspecified atom stereocenters. The van der Waals surface area contributed by atoms with Crippen LogP contribution in [0.4, 0.5) is 5.69 Å². The van der Waals surface area contributed by atoms with Crippen LogP contribution in [0, 0.1) is 0 Å². The SMILES string of the molecule is CCC1(C(=O)Nc2ccc(Cl)c(C(=O)NC)c2)CCCN1.Cl. The molecule has 1 fully saturated rings. The third-order valence-corrected chi connectivity index (χ3v) is 4.31. The number of carbonyl (C=O) groups excluding carboxylic acids is 2. The Morgan fingerprint density at radius 2 is 2.14 bits per heavy atom. The summed E-state index contributed by atoms with van der Waals surface area (Å²) in [6, 6.07) is 4.91.